The Morgan fingerprint density at radius 2 is 2.06 bits per heavy atom. The lowest BCUT2D eigenvalue weighted by atomic mass is 10.0. The third-order valence-corrected chi connectivity index (χ3v) is 7.21. The van der Waals surface area contributed by atoms with Gasteiger partial charge in [0.2, 0.25) is 5.91 Å². The van der Waals surface area contributed by atoms with Crippen LogP contribution >= 0.6 is 11.8 Å². The minimum Gasteiger partial charge on any atom is -0.395 e. The summed E-state index contributed by atoms with van der Waals surface area (Å²) in [6.45, 7) is 5.92. The van der Waals surface area contributed by atoms with E-state index in [9.17, 15) is 4.79 Å². The Labute approximate surface area is 196 Å². The van der Waals surface area contributed by atoms with Crippen molar-refractivity contribution in [1.82, 2.24) is 30.3 Å². The highest BCUT2D eigenvalue weighted by Gasteiger charge is 2.57. The highest BCUT2D eigenvalue weighted by molar-refractivity contribution is 7.99. The van der Waals surface area contributed by atoms with Crippen molar-refractivity contribution in [1.29, 1.82) is 0 Å². The summed E-state index contributed by atoms with van der Waals surface area (Å²) in [5.41, 5.74) is 1.27. The van der Waals surface area contributed by atoms with Gasteiger partial charge in [0.15, 0.2) is 27.9 Å². The Hall–Kier alpha value is -2.02. The molecule has 2 aliphatic carbocycles. The van der Waals surface area contributed by atoms with Gasteiger partial charge < -0.3 is 25.2 Å². The van der Waals surface area contributed by atoms with Gasteiger partial charge in [-0.1, -0.05) is 23.9 Å². The van der Waals surface area contributed by atoms with E-state index >= 15 is 0 Å². The van der Waals surface area contributed by atoms with Gasteiger partial charge in [-0.3, -0.25) is 4.79 Å². The summed E-state index contributed by atoms with van der Waals surface area (Å²) in [6, 6.07) is 0.152. The van der Waals surface area contributed by atoms with Crippen LogP contribution in [0, 0.1) is 5.92 Å². The second-order valence-electron chi connectivity index (χ2n) is 9.32. The number of hydrogen-bond donors (Lipinski definition) is 3. The molecule has 3 heterocycles. The van der Waals surface area contributed by atoms with Crippen LogP contribution in [0.4, 0.5) is 5.82 Å². The van der Waals surface area contributed by atoms with Crippen molar-refractivity contribution < 1.29 is 19.4 Å². The molecule has 0 bridgehead atoms. The molecule has 2 aromatic heterocycles. The highest BCUT2D eigenvalue weighted by Crippen LogP contribution is 2.47. The largest absolute Gasteiger partial charge is 0.395 e. The number of carbonyl (C=O) groups excluding carboxylic acids is 1. The molecule has 12 heteroatoms. The number of rotatable bonds is 9. The first-order chi connectivity index (χ1) is 15.9. The van der Waals surface area contributed by atoms with Crippen LogP contribution in [0.15, 0.2) is 5.16 Å². The molecule has 4 atom stereocenters. The Balaban J connectivity index is 1.51. The molecule has 0 spiro atoms. The monoisotopic (exact) mass is 477 g/mol. The maximum absolute atomic E-state index is 12.8. The molecule has 2 aromatic rings. The van der Waals surface area contributed by atoms with Crippen molar-refractivity contribution in [2.75, 3.05) is 24.2 Å². The molecule has 3 fully saturated rings. The molecule has 33 heavy (non-hydrogen) atoms. The van der Waals surface area contributed by atoms with E-state index in [1.165, 1.54) is 0 Å². The summed E-state index contributed by atoms with van der Waals surface area (Å²) in [5.74, 6) is 0.241. The van der Waals surface area contributed by atoms with Crippen LogP contribution in [0.25, 0.3) is 11.2 Å². The number of ether oxygens (including phenoxy) is 2. The number of nitrogens with one attached hydrogen (secondary N) is 2. The third kappa shape index (κ3) is 4.53. The second kappa shape index (κ2) is 8.97. The van der Waals surface area contributed by atoms with Gasteiger partial charge in [-0.05, 0) is 39.5 Å². The van der Waals surface area contributed by atoms with Gasteiger partial charge in [0, 0.05) is 18.3 Å². The van der Waals surface area contributed by atoms with E-state index < -0.39 is 17.8 Å². The number of hydrogen-bond acceptors (Lipinski definition) is 10. The van der Waals surface area contributed by atoms with Gasteiger partial charge in [-0.25, -0.2) is 14.6 Å². The number of fused-ring (bicyclic) bond motifs is 2. The quantitative estimate of drug-likeness (QED) is 0.360. The molecule has 0 aromatic carbocycles. The van der Waals surface area contributed by atoms with Gasteiger partial charge in [0.05, 0.1) is 18.6 Å². The summed E-state index contributed by atoms with van der Waals surface area (Å²) < 4.78 is 14.2. The molecule has 0 unspecified atom stereocenters. The van der Waals surface area contributed by atoms with Crippen molar-refractivity contribution >= 4 is 34.7 Å². The fourth-order valence-electron chi connectivity index (χ4n) is 4.57. The number of amides is 1. The SMILES string of the molecule is CCCSc1nc(NC2CC2)c2nnn([C@@H]3C[C@H](C(=O)NCCO)[C@H]4OC(C)(C)O[C@H]43)c2n1. The first-order valence-corrected chi connectivity index (χ1v) is 12.6. The second-order valence-corrected chi connectivity index (χ2v) is 10.4. The van der Waals surface area contributed by atoms with Crippen LogP contribution in [-0.4, -0.2) is 78.9 Å². The van der Waals surface area contributed by atoms with Crippen molar-refractivity contribution in [3.8, 4) is 0 Å². The van der Waals surface area contributed by atoms with Crippen LogP contribution < -0.4 is 10.6 Å². The van der Waals surface area contributed by atoms with Gasteiger partial charge in [-0.15, -0.1) is 5.10 Å². The number of thioether (sulfide) groups is 1. The topological polar surface area (TPSA) is 136 Å². The molecule has 3 N–H and O–H groups in total. The van der Waals surface area contributed by atoms with Gasteiger partial charge in [0.25, 0.3) is 0 Å². The van der Waals surface area contributed by atoms with E-state index in [4.69, 9.17) is 24.5 Å². The van der Waals surface area contributed by atoms with Crippen molar-refractivity contribution in [2.45, 2.75) is 81.7 Å². The molecular weight excluding hydrogens is 446 g/mol. The van der Waals surface area contributed by atoms with Crippen molar-refractivity contribution in [3.63, 3.8) is 0 Å². The number of carbonyl (C=O) groups is 1. The van der Waals surface area contributed by atoms with Crippen LogP contribution in [0.3, 0.4) is 0 Å². The van der Waals surface area contributed by atoms with Gasteiger partial charge >= 0.3 is 0 Å². The normalized spacial score (nSPS) is 28.2. The molecule has 1 aliphatic heterocycles. The third-order valence-electron chi connectivity index (χ3n) is 6.15. The zero-order valence-corrected chi connectivity index (χ0v) is 20.0. The van der Waals surface area contributed by atoms with E-state index in [1.807, 2.05) is 13.8 Å². The van der Waals surface area contributed by atoms with Crippen molar-refractivity contribution in [2.24, 2.45) is 5.92 Å². The Kier molecular flexibility index (Phi) is 6.19. The van der Waals surface area contributed by atoms with Crippen LogP contribution in [0.1, 0.15) is 52.5 Å². The van der Waals surface area contributed by atoms with E-state index in [2.05, 4.69) is 27.9 Å². The maximum Gasteiger partial charge on any atom is 0.226 e. The average molecular weight is 478 g/mol. The fourth-order valence-corrected chi connectivity index (χ4v) is 5.27. The van der Waals surface area contributed by atoms with E-state index in [-0.39, 0.29) is 31.2 Å². The fraction of sp³-hybridized carbons (Fsp3) is 0.762. The van der Waals surface area contributed by atoms with E-state index in [0.717, 1.165) is 25.0 Å². The number of aliphatic hydroxyl groups excluding tert-OH is 1. The number of aromatic nitrogens is 5. The maximum atomic E-state index is 12.8. The lowest BCUT2D eigenvalue weighted by Gasteiger charge is -2.23. The van der Waals surface area contributed by atoms with Crippen LogP contribution in [-0.2, 0) is 14.3 Å². The van der Waals surface area contributed by atoms with Gasteiger partial charge in [0.1, 0.15) is 12.2 Å². The molecule has 1 saturated heterocycles. The number of nitrogens with zero attached hydrogens (tertiary/aromatic N) is 5. The van der Waals surface area contributed by atoms with E-state index in [1.54, 1.807) is 16.4 Å². The standard InChI is InChI=1S/C21H31N7O4S/c1-4-9-33-20-24-17(23-11-5-6-11)14-18(25-20)28(27-26-14)13-10-12(19(30)22-7-8-29)15-16(13)32-21(2,3)31-15/h11-13,15-16,29H,4-10H2,1-3H3,(H,22,30)(H,23,24,25)/t12-,13+,15+,16-/m0/s1. The van der Waals surface area contributed by atoms with Crippen LogP contribution in [0.5, 0.6) is 0 Å². The molecule has 1 amide bonds. The summed E-state index contributed by atoms with van der Waals surface area (Å²) in [5, 5.41) is 24.9. The predicted octanol–water partition coefficient (Wildman–Crippen LogP) is 1.49. The summed E-state index contributed by atoms with van der Waals surface area (Å²) in [6.07, 6.45) is 2.96. The lowest BCUT2D eigenvalue weighted by Crippen LogP contribution is -2.38. The first kappa shape index (κ1) is 22.8. The zero-order valence-electron chi connectivity index (χ0n) is 19.2. The minimum absolute atomic E-state index is 0.113. The first-order valence-electron chi connectivity index (χ1n) is 11.7. The van der Waals surface area contributed by atoms with E-state index in [0.29, 0.717) is 34.6 Å². The molecule has 3 aliphatic rings. The molecule has 180 valence electrons. The molecule has 5 rings (SSSR count). The number of aliphatic hydroxyl groups is 1. The van der Waals surface area contributed by atoms with Crippen molar-refractivity contribution in [3.05, 3.63) is 0 Å². The lowest BCUT2D eigenvalue weighted by molar-refractivity contribution is -0.163. The smallest absolute Gasteiger partial charge is 0.226 e. The average Bonchev–Trinajstić information content (AvgIpc) is 3.26. The summed E-state index contributed by atoms with van der Waals surface area (Å²) in [4.78, 5) is 22.4. The zero-order chi connectivity index (χ0) is 23.2. The Bertz CT molecular complexity index is 1030. The number of anilines is 1. The minimum atomic E-state index is -0.810. The Morgan fingerprint density at radius 3 is 2.79 bits per heavy atom. The van der Waals surface area contributed by atoms with Gasteiger partial charge in [-0.2, -0.15) is 0 Å². The highest BCUT2D eigenvalue weighted by atomic mass is 32.2. The van der Waals surface area contributed by atoms with Crippen LogP contribution in [0.2, 0.25) is 0 Å². The summed E-state index contributed by atoms with van der Waals surface area (Å²) in [7, 11) is 0. The molecular formula is C21H31N7O4S. The summed E-state index contributed by atoms with van der Waals surface area (Å²) >= 11 is 1.61. The molecule has 2 saturated carbocycles. The molecule has 11 nitrogen and oxygen atoms in total. The molecule has 0 radical (unpaired) electrons. The predicted molar refractivity (Wildman–Crippen MR) is 122 cm³/mol. The Morgan fingerprint density at radius 1 is 1.27 bits per heavy atom.